The van der Waals surface area contributed by atoms with Crippen molar-refractivity contribution in [1.82, 2.24) is 4.72 Å². The van der Waals surface area contributed by atoms with Crippen molar-refractivity contribution in [2.75, 3.05) is 23.0 Å². The maximum absolute atomic E-state index is 12.1. The van der Waals surface area contributed by atoms with Crippen molar-refractivity contribution in [2.24, 2.45) is 0 Å². The standard InChI is InChI=1S/C21H35N3O3S/c1-8-9-10-24-19-12-16(14(2)3)18(22-20(25)23-28(7,26)27)11-17(19)15(4)13-21(24,5)6/h11-12,14-15H,8-10,13H2,1-7H3,(H2,22,23,25). The number of rotatable bonds is 6. The second-order valence-corrected chi connectivity index (χ2v) is 10.7. The van der Waals surface area contributed by atoms with Gasteiger partial charge in [0, 0.05) is 23.5 Å². The van der Waals surface area contributed by atoms with Crippen molar-refractivity contribution in [3.63, 3.8) is 0 Å². The molecule has 0 aromatic heterocycles. The predicted molar refractivity (Wildman–Crippen MR) is 117 cm³/mol. The number of amides is 2. The summed E-state index contributed by atoms with van der Waals surface area (Å²) < 4.78 is 24.7. The lowest BCUT2D eigenvalue weighted by Gasteiger charge is -2.48. The first-order valence-corrected chi connectivity index (χ1v) is 12.0. The number of anilines is 2. The normalized spacial score (nSPS) is 18.7. The summed E-state index contributed by atoms with van der Waals surface area (Å²) >= 11 is 0. The summed E-state index contributed by atoms with van der Waals surface area (Å²) in [5, 5.41) is 2.75. The minimum Gasteiger partial charge on any atom is -0.366 e. The monoisotopic (exact) mass is 409 g/mol. The van der Waals surface area contributed by atoms with E-state index in [9.17, 15) is 13.2 Å². The van der Waals surface area contributed by atoms with Gasteiger partial charge in [0.2, 0.25) is 10.0 Å². The molecule has 0 spiro atoms. The second-order valence-electron chi connectivity index (χ2n) is 8.90. The fourth-order valence-corrected chi connectivity index (χ4v) is 4.57. The molecule has 2 rings (SSSR count). The molecule has 0 aliphatic carbocycles. The Hall–Kier alpha value is -1.76. The van der Waals surface area contributed by atoms with Crippen molar-refractivity contribution in [3.8, 4) is 0 Å². The smallest absolute Gasteiger partial charge is 0.332 e. The number of carbonyl (C=O) groups excluding carboxylic acids is 1. The summed E-state index contributed by atoms with van der Waals surface area (Å²) in [6.45, 7) is 14.2. The summed E-state index contributed by atoms with van der Waals surface area (Å²) in [4.78, 5) is 14.6. The number of benzene rings is 1. The fourth-order valence-electron chi connectivity index (χ4n) is 4.19. The van der Waals surface area contributed by atoms with Gasteiger partial charge in [-0.2, -0.15) is 0 Å². The van der Waals surface area contributed by atoms with Crippen molar-refractivity contribution in [1.29, 1.82) is 0 Å². The highest BCUT2D eigenvalue weighted by Crippen LogP contribution is 2.46. The first kappa shape index (κ1) is 22.5. The minimum absolute atomic E-state index is 0.0679. The van der Waals surface area contributed by atoms with Crippen LogP contribution in [-0.2, 0) is 10.0 Å². The summed E-state index contributed by atoms with van der Waals surface area (Å²) in [5.41, 5.74) is 4.19. The number of fused-ring (bicyclic) bond motifs is 1. The summed E-state index contributed by atoms with van der Waals surface area (Å²) in [5.74, 6) is 0.537. The third-order valence-electron chi connectivity index (χ3n) is 5.44. The van der Waals surface area contributed by atoms with Crippen LogP contribution in [0.1, 0.15) is 83.8 Å². The van der Waals surface area contributed by atoms with Gasteiger partial charge in [0.1, 0.15) is 0 Å². The van der Waals surface area contributed by atoms with E-state index in [4.69, 9.17) is 0 Å². The molecule has 28 heavy (non-hydrogen) atoms. The van der Waals surface area contributed by atoms with Gasteiger partial charge in [-0.1, -0.05) is 34.1 Å². The molecule has 2 amide bonds. The van der Waals surface area contributed by atoms with Gasteiger partial charge in [-0.25, -0.2) is 17.9 Å². The molecule has 0 bridgehead atoms. The predicted octanol–water partition coefficient (Wildman–Crippen LogP) is 4.78. The number of sulfonamides is 1. The first-order chi connectivity index (χ1) is 12.9. The molecule has 1 aliphatic rings. The summed E-state index contributed by atoms with van der Waals surface area (Å²) in [6.07, 6.45) is 4.27. The van der Waals surface area contributed by atoms with E-state index in [0.717, 1.165) is 37.6 Å². The van der Waals surface area contributed by atoms with E-state index in [0.29, 0.717) is 11.6 Å². The lowest BCUT2D eigenvalue weighted by molar-refractivity contribution is 0.256. The van der Waals surface area contributed by atoms with E-state index >= 15 is 0 Å². The van der Waals surface area contributed by atoms with Crippen molar-refractivity contribution in [3.05, 3.63) is 23.3 Å². The van der Waals surface area contributed by atoms with Crippen LogP contribution >= 0.6 is 0 Å². The zero-order valence-corrected chi connectivity index (χ0v) is 19.0. The minimum atomic E-state index is -3.61. The Morgan fingerprint density at radius 1 is 1.32 bits per heavy atom. The third-order valence-corrected chi connectivity index (χ3v) is 6.00. The third kappa shape index (κ3) is 5.19. The van der Waals surface area contributed by atoms with Crippen molar-refractivity contribution < 1.29 is 13.2 Å². The van der Waals surface area contributed by atoms with Gasteiger partial charge in [0.05, 0.1) is 6.26 Å². The Balaban J connectivity index is 2.51. The van der Waals surface area contributed by atoms with E-state index < -0.39 is 16.1 Å². The Morgan fingerprint density at radius 2 is 1.96 bits per heavy atom. The largest absolute Gasteiger partial charge is 0.366 e. The second kappa shape index (κ2) is 8.31. The average molecular weight is 410 g/mol. The van der Waals surface area contributed by atoms with Crippen LogP contribution in [0.5, 0.6) is 0 Å². The number of nitrogens with zero attached hydrogens (tertiary/aromatic N) is 1. The van der Waals surface area contributed by atoms with Crippen LogP contribution in [0, 0.1) is 0 Å². The number of nitrogens with one attached hydrogen (secondary N) is 2. The van der Waals surface area contributed by atoms with Gasteiger partial charge in [0.15, 0.2) is 0 Å². The molecule has 1 aromatic rings. The quantitative estimate of drug-likeness (QED) is 0.708. The van der Waals surface area contributed by atoms with Crippen LogP contribution in [0.25, 0.3) is 0 Å². The molecule has 0 saturated heterocycles. The van der Waals surface area contributed by atoms with Crippen LogP contribution in [0.4, 0.5) is 16.2 Å². The summed E-state index contributed by atoms with van der Waals surface area (Å²) in [7, 11) is -3.61. The van der Waals surface area contributed by atoms with Gasteiger partial charge >= 0.3 is 6.03 Å². The SMILES string of the molecule is CCCCN1c2cc(C(C)C)c(NC(=O)NS(C)(=O)=O)cc2C(C)CC1(C)C. The lowest BCUT2D eigenvalue weighted by Crippen LogP contribution is -2.49. The van der Waals surface area contributed by atoms with E-state index in [2.05, 4.69) is 57.8 Å². The van der Waals surface area contributed by atoms with Crippen LogP contribution in [0.3, 0.4) is 0 Å². The fraction of sp³-hybridized carbons (Fsp3) is 0.667. The zero-order valence-electron chi connectivity index (χ0n) is 18.2. The highest BCUT2D eigenvalue weighted by atomic mass is 32.2. The molecule has 1 heterocycles. The molecule has 1 unspecified atom stereocenters. The van der Waals surface area contributed by atoms with Gasteiger partial charge in [0.25, 0.3) is 0 Å². The highest BCUT2D eigenvalue weighted by Gasteiger charge is 2.36. The van der Waals surface area contributed by atoms with Crippen LogP contribution in [-0.4, -0.2) is 32.8 Å². The molecule has 1 aromatic carbocycles. The first-order valence-electron chi connectivity index (χ1n) is 10.1. The zero-order chi connectivity index (χ0) is 21.3. The molecule has 0 fully saturated rings. The van der Waals surface area contributed by atoms with Crippen LogP contribution < -0.4 is 14.9 Å². The Morgan fingerprint density at radius 3 is 2.50 bits per heavy atom. The molecule has 158 valence electrons. The maximum Gasteiger partial charge on any atom is 0.332 e. The van der Waals surface area contributed by atoms with Crippen LogP contribution in [0.2, 0.25) is 0 Å². The van der Waals surface area contributed by atoms with Crippen molar-refractivity contribution >= 4 is 27.4 Å². The number of urea groups is 1. The van der Waals surface area contributed by atoms with Crippen LogP contribution in [0.15, 0.2) is 12.1 Å². The number of carbonyl (C=O) groups is 1. The van der Waals surface area contributed by atoms with E-state index in [1.807, 2.05) is 10.8 Å². The molecule has 0 radical (unpaired) electrons. The van der Waals surface area contributed by atoms with Gasteiger partial charge in [-0.05, 0) is 61.8 Å². The van der Waals surface area contributed by atoms with Gasteiger partial charge < -0.3 is 10.2 Å². The summed E-state index contributed by atoms with van der Waals surface area (Å²) in [6, 6.07) is 3.49. The lowest BCUT2D eigenvalue weighted by atomic mass is 9.78. The maximum atomic E-state index is 12.1. The molecule has 0 saturated carbocycles. The molecular formula is C21H35N3O3S. The average Bonchev–Trinajstić information content (AvgIpc) is 2.52. The number of hydrogen-bond donors (Lipinski definition) is 2. The highest BCUT2D eigenvalue weighted by molar-refractivity contribution is 7.89. The van der Waals surface area contributed by atoms with Gasteiger partial charge in [-0.3, -0.25) is 0 Å². The molecule has 7 heteroatoms. The molecule has 6 nitrogen and oxygen atoms in total. The molecular weight excluding hydrogens is 374 g/mol. The van der Waals surface area contributed by atoms with Gasteiger partial charge in [-0.15, -0.1) is 0 Å². The molecule has 1 atom stereocenters. The topological polar surface area (TPSA) is 78.5 Å². The van der Waals surface area contributed by atoms with E-state index in [1.54, 1.807) is 0 Å². The van der Waals surface area contributed by atoms with Crippen molar-refractivity contribution in [2.45, 2.75) is 78.2 Å². The molecule has 2 N–H and O–H groups in total. The van der Waals surface area contributed by atoms with E-state index in [1.165, 1.54) is 11.3 Å². The Kier molecular flexibility index (Phi) is 6.69. The molecule has 1 aliphatic heterocycles. The van der Waals surface area contributed by atoms with E-state index in [-0.39, 0.29) is 11.5 Å². The number of unbranched alkanes of at least 4 members (excludes halogenated alkanes) is 1. The Labute approximate surface area is 170 Å². The Bertz CT molecular complexity index is 832. The number of hydrogen-bond acceptors (Lipinski definition) is 4.